The first-order valence-electron chi connectivity index (χ1n) is 4.22. The maximum absolute atomic E-state index is 5.80. The van der Waals surface area contributed by atoms with Gasteiger partial charge in [0.15, 0.2) is 5.82 Å². The van der Waals surface area contributed by atoms with Crippen LogP contribution in [0.15, 0.2) is 30.5 Å². The summed E-state index contributed by atoms with van der Waals surface area (Å²) in [6.45, 7) is 0. The summed E-state index contributed by atoms with van der Waals surface area (Å²) in [6, 6.07) is 7.00. The first kappa shape index (κ1) is 9.82. The molecule has 2 aromatic rings. The van der Waals surface area contributed by atoms with Crippen LogP contribution < -0.4 is 11.3 Å². The Balaban J connectivity index is 2.49. The summed E-state index contributed by atoms with van der Waals surface area (Å²) >= 11 is 5.80. The van der Waals surface area contributed by atoms with Crippen molar-refractivity contribution in [1.29, 1.82) is 0 Å². The van der Waals surface area contributed by atoms with Crippen molar-refractivity contribution < 1.29 is 0 Å². The maximum atomic E-state index is 5.80. The van der Waals surface area contributed by atoms with Gasteiger partial charge in [0.25, 0.3) is 0 Å². The largest absolute Gasteiger partial charge is 0.308 e. The molecule has 0 aliphatic heterocycles. The lowest BCUT2D eigenvalue weighted by Crippen LogP contribution is -2.09. The number of pyridine rings is 1. The molecule has 0 amide bonds. The van der Waals surface area contributed by atoms with E-state index in [1.807, 2.05) is 12.1 Å². The zero-order chi connectivity index (χ0) is 10.7. The lowest BCUT2D eigenvalue weighted by atomic mass is 10.3. The monoisotopic (exact) mass is 221 g/mol. The summed E-state index contributed by atoms with van der Waals surface area (Å²) in [7, 11) is 0. The van der Waals surface area contributed by atoms with Crippen molar-refractivity contribution in [2.45, 2.75) is 0 Å². The maximum Gasteiger partial charge on any atom is 0.181 e. The molecule has 2 rings (SSSR count). The molecule has 0 aliphatic carbocycles. The number of nitrogens with two attached hydrogens (primary N) is 1. The van der Waals surface area contributed by atoms with Gasteiger partial charge in [0, 0.05) is 12.3 Å². The summed E-state index contributed by atoms with van der Waals surface area (Å²) in [5.74, 6) is 6.14. The molecule has 0 spiro atoms. The van der Waals surface area contributed by atoms with E-state index in [9.17, 15) is 0 Å². The second-order valence-electron chi connectivity index (χ2n) is 2.76. The zero-order valence-electron chi connectivity index (χ0n) is 7.68. The fourth-order valence-corrected chi connectivity index (χ4v) is 1.28. The van der Waals surface area contributed by atoms with Crippen LogP contribution in [0.1, 0.15) is 0 Å². The van der Waals surface area contributed by atoms with Crippen LogP contribution in [-0.2, 0) is 0 Å². The third-order valence-electron chi connectivity index (χ3n) is 1.74. The van der Waals surface area contributed by atoms with Gasteiger partial charge in [-0.25, -0.2) is 15.8 Å². The van der Waals surface area contributed by atoms with Gasteiger partial charge in [-0.05, 0) is 12.1 Å². The van der Waals surface area contributed by atoms with E-state index in [4.69, 9.17) is 17.4 Å². The molecule has 0 aliphatic rings. The van der Waals surface area contributed by atoms with Crippen molar-refractivity contribution in [3.8, 4) is 11.5 Å². The number of anilines is 1. The molecule has 0 fully saturated rings. The number of nitrogens with one attached hydrogen (secondary N) is 1. The van der Waals surface area contributed by atoms with Crippen LogP contribution in [0.5, 0.6) is 0 Å². The van der Waals surface area contributed by atoms with Crippen molar-refractivity contribution in [2.24, 2.45) is 5.84 Å². The van der Waals surface area contributed by atoms with Crippen LogP contribution in [-0.4, -0.2) is 15.0 Å². The smallest absolute Gasteiger partial charge is 0.181 e. The van der Waals surface area contributed by atoms with Crippen LogP contribution in [0.4, 0.5) is 5.82 Å². The fraction of sp³-hybridized carbons (Fsp3) is 0. The van der Waals surface area contributed by atoms with Gasteiger partial charge in [-0.1, -0.05) is 17.7 Å². The average molecular weight is 222 g/mol. The molecule has 0 aromatic carbocycles. The van der Waals surface area contributed by atoms with Crippen molar-refractivity contribution in [3.63, 3.8) is 0 Å². The molecular formula is C9H8ClN5. The van der Waals surface area contributed by atoms with Gasteiger partial charge in [-0.3, -0.25) is 4.98 Å². The van der Waals surface area contributed by atoms with Crippen LogP contribution in [0, 0.1) is 0 Å². The molecule has 76 valence electrons. The number of nitrogens with zero attached hydrogens (tertiary/aromatic N) is 3. The van der Waals surface area contributed by atoms with Gasteiger partial charge in [-0.15, -0.1) is 0 Å². The highest BCUT2D eigenvalue weighted by Gasteiger charge is 2.05. The third-order valence-corrected chi connectivity index (χ3v) is 1.93. The third kappa shape index (κ3) is 2.20. The molecule has 2 aromatic heterocycles. The molecule has 0 atom stereocenters. The number of nitrogen functional groups attached to an aromatic ring is 1. The standard InChI is InChI=1S/C9H8ClN5/c10-7-5-8(15-11)14-9(13-7)6-3-1-2-4-12-6/h1-5H,11H2,(H,13,14,15). The van der Waals surface area contributed by atoms with Crippen LogP contribution in [0.25, 0.3) is 11.5 Å². The Morgan fingerprint density at radius 2 is 2.13 bits per heavy atom. The Labute approximate surface area is 91.3 Å². The summed E-state index contributed by atoms with van der Waals surface area (Å²) in [5, 5.41) is 0.318. The normalized spacial score (nSPS) is 10.0. The van der Waals surface area contributed by atoms with Gasteiger partial charge in [0.2, 0.25) is 0 Å². The lowest BCUT2D eigenvalue weighted by molar-refractivity contribution is 1.12. The number of hydrogen-bond donors (Lipinski definition) is 2. The van der Waals surface area contributed by atoms with Gasteiger partial charge in [0.1, 0.15) is 16.7 Å². The van der Waals surface area contributed by atoms with E-state index < -0.39 is 0 Å². The van der Waals surface area contributed by atoms with Crippen LogP contribution in [0.2, 0.25) is 5.15 Å². The van der Waals surface area contributed by atoms with Crippen molar-refractivity contribution in [1.82, 2.24) is 15.0 Å². The highest BCUT2D eigenvalue weighted by Crippen LogP contribution is 2.17. The minimum absolute atomic E-state index is 0.318. The molecule has 5 nitrogen and oxygen atoms in total. The minimum atomic E-state index is 0.318. The van der Waals surface area contributed by atoms with Crippen molar-refractivity contribution in [2.75, 3.05) is 5.43 Å². The molecule has 0 radical (unpaired) electrons. The molecule has 6 heteroatoms. The number of rotatable bonds is 2. The number of halogens is 1. The van der Waals surface area contributed by atoms with E-state index in [-0.39, 0.29) is 0 Å². The van der Waals surface area contributed by atoms with Gasteiger partial charge in [-0.2, -0.15) is 0 Å². The summed E-state index contributed by atoms with van der Waals surface area (Å²) < 4.78 is 0. The van der Waals surface area contributed by atoms with E-state index in [2.05, 4.69) is 20.4 Å². The Morgan fingerprint density at radius 3 is 2.80 bits per heavy atom. The lowest BCUT2D eigenvalue weighted by Gasteiger charge is -2.03. The van der Waals surface area contributed by atoms with E-state index in [1.165, 1.54) is 6.07 Å². The summed E-state index contributed by atoms with van der Waals surface area (Å²) in [4.78, 5) is 12.3. The second-order valence-corrected chi connectivity index (χ2v) is 3.15. The van der Waals surface area contributed by atoms with Crippen molar-refractivity contribution in [3.05, 3.63) is 35.6 Å². The predicted molar refractivity (Wildman–Crippen MR) is 58.1 cm³/mol. The van der Waals surface area contributed by atoms with Gasteiger partial charge < -0.3 is 5.43 Å². The highest BCUT2D eigenvalue weighted by atomic mass is 35.5. The molecule has 0 bridgehead atoms. The Bertz CT molecular complexity index is 459. The fourth-order valence-electron chi connectivity index (χ4n) is 1.10. The van der Waals surface area contributed by atoms with Crippen LogP contribution in [0.3, 0.4) is 0 Å². The molecule has 3 N–H and O–H groups in total. The Hall–Kier alpha value is -1.72. The average Bonchev–Trinajstić information content (AvgIpc) is 2.29. The molecular weight excluding hydrogens is 214 g/mol. The van der Waals surface area contributed by atoms with Crippen molar-refractivity contribution >= 4 is 17.4 Å². The highest BCUT2D eigenvalue weighted by molar-refractivity contribution is 6.29. The first-order valence-corrected chi connectivity index (χ1v) is 4.60. The van der Waals surface area contributed by atoms with E-state index in [0.29, 0.717) is 22.5 Å². The predicted octanol–water partition coefficient (Wildman–Crippen LogP) is 1.48. The Kier molecular flexibility index (Phi) is 2.75. The molecule has 0 unspecified atom stereocenters. The molecule has 2 heterocycles. The SMILES string of the molecule is NNc1cc(Cl)nc(-c2ccccn2)n1. The van der Waals surface area contributed by atoms with Gasteiger partial charge in [0.05, 0.1) is 0 Å². The minimum Gasteiger partial charge on any atom is -0.308 e. The van der Waals surface area contributed by atoms with E-state index in [1.54, 1.807) is 12.3 Å². The van der Waals surface area contributed by atoms with Crippen LogP contribution >= 0.6 is 11.6 Å². The van der Waals surface area contributed by atoms with E-state index >= 15 is 0 Å². The number of hydrogen-bond acceptors (Lipinski definition) is 5. The molecule has 0 saturated carbocycles. The second kappa shape index (κ2) is 4.20. The Morgan fingerprint density at radius 1 is 1.27 bits per heavy atom. The quantitative estimate of drug-likeness (QED) is 0.456. The van der Waals surface area contributed by atoms with Gasteiger partial charge >= 0.3 is 0 Å². The number of aromatic nitrogens is 3. The zero-order valence-corrected chi connectivity index (χ0v) is 8.44. The summed E-state index contributed by atoms with van der Waals surface area (Å²) in [5.41, 5.74) is 3.06. The molecule has 15 heavy (non-hydrogen) atoms. The first-order chi connectivity index (χ1) is 7.29. The topological polar surface area (TPSA) is 76.7 Å². The van der Waals surface area contributed by atoms with E-state index in [0.717, 1.165) is 0 Å². The number of hydrazine groups is 1. The summed E-state index contributed by atoms with van der Waals surface area (Å²) in [6.07, 6.45) is 1.66. The molecule has 0 saturated heterocycles.